The van der Waals surface area contributed by atoms with Gasteiger partial charge in [0, 0.05) is 27.8 Å². The molecule has 24 heavy (non-hydrogen) atoms. The van der Waals surface area contributed by atoms with E-state index in [1.807, 2.05) is 6.07 Å². The van der Waals surface area contributed by atoms with Gasteiger partial charge in [0.2, 0.25) is 0 Å². The predicted octanol–water partition coefficient (Wildman–Crippen LogP) is 4.80. The van der Waals surface area contributed by atoms with Crippen molar-refractivity contribution < 1.29 is 8.78 Å². The molecule has 0 atom stereocenters. The van der Waals surface area contributed by atoms with E-state index in [9.17, 15) is 14.0 Å². The van der Waals surface area contributed by atoms with E-state index in [4.69, 9.17) is 17.3 Å². The normalized spacial score (nSPS) is 10.4. The molecule has 3 aromatic rings. The van der Waals surface area contributed by atoms with Crippen LogP contribution in [-0.4, -0.2) is 4.98 Å². The molecular formula is C18H10ClF2N3. The molecule has 6 heteroatoms. The van der Waals surface area contributed by atoms with E-state index < -0.39 is 11.6 Å². The van der Waals surface area contributed by atoms with E-state index in [0.717, 1.165) is 12.1 Å². The molecule has 0 fully saturated rings. The van der Waals surface area contributed by atoms with E-state index in [2.05, 4.69) is 4.98 Å². The Bertz CT molecular complexity index is 980. The van der Waals surface area contributed by atoms with Crippen molar-refractivity contribution in [2.24, 2.45) is 0 Å². The summed E-state index contributed by atoms with van der Waals surface area (Å²) in [6, 6.07) is 13.5. The number of benzene rings is 2. The number of pyridine rings is 1. The van der Waals surface area contributed by atoms with Crippen LogP contribution in [0.25, 0.3) is 22.4 Å². The average molecular weight is 342 g/mol. The number of nitrogens with two attached hydrogens (primary N) is 1. The standard InChI is InChI=1S/C18H10ClF2N3/c19-11-3-1-2-10(6-11)17-8-14(15(9-22)18(23)24-17)13-5-4-12(20)7-16(13)21/h1-8H,(H2,23,24). The van der Waals surface area contributed by atoms with Crippen LogP contribution in [0.5, 0.6) is 0 Å². The molecule has 0 aliphatic rings. The molecule has 0 aliphatic heterocycles. The lowest BCUT2D eigenvalue weighted by Crippen LogP contribution is -2.01. The van der Waals surface area contributed by atoms with Gasteiger partial charge < -0.3 is 5.73 Å². The molecule has 2 aromatic carbocycles. The molecular weight excluding hydrogens is 332 g/mol. The molecule has 0 saturated carbocycles. The minimum atomic E-state index is -0.783. The van der Waals surface area contributed by atoms with Gasteiger partial charge >= 0.3 is 0 Å². The zero-order valence-electron chi connectivity index (χ0n) is 12.2. The number of anilines is 1. The Morgan fingerprint density at radius 1 is 1.04 bits per heavy atom. The van der Waals surface area contributed by atoms with Gasteiger partial charge in [-0.3, -0.25) is 0 Å². The largest absolute Gasteiger partial charge is 0.383 e. The van der Waals surface area contributed by atoms with Crippen molar-refractivity contribution in [2.45, 2.75) is 0 Å². The SMILES string of the molecule is N#Cc1c(-c2ccc(F)cc2F)cc(-c2cccc(Cl)c2)nc1N. The third kappa shape index (κ3) is 2.92. The minimum absolute atomic E-state index is 0.0336. The number of rotatable bonds is 2. The Labute approximate surface area is 141 Å². The van der Waals surface area contributed by atoms with Crippen LogP contribution in [0.4, 0.5) is 14.6 Å². The van der Waals surface area contributed by atoms with Gasteiger partial charge in [-0.2, -0.15) is 5.26 Å². The van der Waals surface area contributed by atoms with Crippen molar-refractivity contribution in [3.63, 3.8) is 0 Å². The third-order valence-electron chi connectivity index (χ3n) is 3.50. The molecule has 0 bridgehead atoms. The molecule has 0 amide bonds. The summed E-state index contributed by atoms with van der Waals surface area (Å²) in [7, 11) is 0. The Hall–Kier alpha value is -2.97. The Kier molecular flexibility index (Phi) is 4.15. The first-order valence-electron chi connectivity index (χ1n) is 6.91. The van der Waals surface area contributed by atoms with Crippen LogP contribution < -0.4 is 5.73 Å². The molecule has 3 rings (SSSR count). The summed E-state index contributed by atoms with van der Waals surface area (Å²) in [5, 5.41) is 9.83. The molecule has 0 unspecified atom stereocenters. The van der Waals surface area contributed by atoms with E-state index in [1.165, 1.54) is 12.1 Å². The van der Waals surface area contributed by atoms with Gasteiger partial charge in [-0.25, -0.2) is 13.8 Å². The second-order valence-corrected chi connectivity index (χ2v) is 5.50. The quantitative estimate of drug-likeness (QED) is 0.728. The maximum Gasteiger partial charge on any atom is 0.142 e. The number of nitrogens with zero attached hydrogens (tertiary/aromatic N) is 2. The topological polar surface area (TPSA) is 62.7 Å². The smallest absolute Gasteiger partial charge is 0.142 e. The summed E-state index contributed by atoms with van der Waals surface area (Å²) in [5.74, 6) is -1.52. The average Bonchev–Trinajstić information content (AvgIpc) is 2.54. The number of halogens is 3. The molecule has 0 aliphatic carbocycles. The Morgan fingerprint density at radius 2 is 1.83 bits per heavy atom. The zero-order chi connectivity index (χ0) is 17.3. The Balaban J connectivity index is 2.27. The van der Waals surface area contributed by atoms with Gasteiger partial charge in [0.15, 0.2) is 0 Å². The molecule has 1 heterocycles. The fourth-order valence-corrected chi connectivity index (χ4v) is 2.59. The van der Waals surface area contributed by atoms with Crippen molar-refractivity contribution in [1.82, 2.24) is 4.98 Å². The number of nitrogen functional groups attached to an aromatic ring is 1. The maximum absolute atomic E-state index is 14.2. The highest BCUT2D eigenvalue weighted by atomic mass is 35.5. The second-order valence-electron chi connectivity index (χ2n) is 5.06. The fourth-order valence-electron chi connectivity index (χ4n) is 2.40. The molecule has 0 saturated heterocycles. The van der Waals surface area contributed by atoms with Crippen molar-refractivity contribution >= 4 is 17.4 Å². The molecule has 3 nitrogen and oxygen atoms in total. The number of aromatic nitrogens is 1. The van der Waals surface area contributed by atoms with Crippen molar-refractivity contribution in [3.05, 3.63) is 70.8 Å². The lowest BCUT2D eigenvalue weighted by atomic mass is 9.98. The third-order valence-corrected chi connectivity index (χ3v) is 3.74. The van der Waals surface area contributed by atoms with Crippen LogP contribution >= 0.6 is 11.6 Å². The van der Waals surface area contributed by atoms with Gasteiger partial charge in [0.1, 0.15) is 29.1 Å². The summed E-state index contributed by atoms with van der Waals surface area (Å²) >= 11 is 5.98. The molecule has 0 radical (unpaired) electrons. The monoisotopic (exact) mass is 341 g/mol. The zero-order valence-corrected chi connectivity index (χ0v) is 13.0. The van der Waals surface area contributed by atoms with Crippen molar-refractivity contribution in [3.8, 4) is 28.5 Å². The molecule has 0 spiro atoms. The van der Waals surface area contributed by atoms with Gasteiger partial charge in [0.25, 0.3) is 0 Å². The number of nitriles is 1. The second kappa shape index (κ2) is 6.26. The number of hydrogen-bond donors (Lipinski definition) is 1. The molecule has 118 valence electrons. The lowest BCUT2D eigenvalue weighted by Gasteiger charge is -2.11. The minimum Gasteiger partial charge on any atom is -0.383 e. The first kappa shape index (κ1) is 15.9. The summed E-state index contributed by atoms with van der Waals surface area (Å²) < 4.78 is 27.3. The van der Waals surface area contributed by atoms with Crippen LogP contribution in [-0.2, 0) is 0 Å². The van der Waals surface area contributed by atoms with E-state index in [0.29, 0.717) is 16.3 Å². The van der Waals surface area contributed by atoms with E-state index in [1.54, 1.807) is 24.3 Å². The highest BCUT2D eigenvalue weighted by Crippen LogP contribution is 2.33. The molecule has 1 aromatic heterocycles. The van der Waals surface area contributed by atoms with Crippen LogP contribution in [0.2, 0.25) is 5.02 Å². The first-order valence-corrected chi connectivity index (χ1v) is 7.29. The summed E-state index contributed by atoms with van der Waals surface area (Å²) in [6.45, 7) is 0. The van der Waals surface area contributed by atoms with E-state index in [-0.39, 0.29) is 22.5 Å². The van der Waals surface area contributed by atoms with E-state index >= 15 is 0 Å². The first-order chi connectivity index (χ1) is 11.5. The van der Waals surface area contributed by atoms with Crippen molar-refractivity contribution in [2.75, 3.05) is 5.73 Å². The van der Waals surface area contributed by atoms with Gasteiger partial charge in [-0.1, -0.05) is 23.7 Å². The highest BCUT2D eigenvalue weighted by molar-refractivity contribution is 6.30. The predicted molar refractivity (Wildman–Crippen MR) is 89.2 cm³/mol. The number of hydrogen-bond acceptors (Lipinski definition) is 3. The van der Waals surface area contributed by atoms with Crippen molar-refractivity contribution in [1.29, 1.82) is 5.26 Å². The van der Waals surface area contributed by atoms with Gasteiger partial charge in [-0.05, 0) is 30.3 Å². The lowest BCUT2D eigenvalue weighted by molar-refractivity contribution is 0.585. The molecule has 2 N–H and O–H groups in total. The summed E-state index contributed by atoms with van der Waals surface area (Å²) in [5.41, 5.74) is 7.32. The summed E-state index contributed by atoms with van der Waals surface area (Å²) in [6.07, 6.45) is 0. The van der Waals surface area contributed by atoms with Gasteiger partial charge in [-0.15, -0.1) is 0 Å². The van der Waals surface area contributed by atoms with Gasteiger partial charge in [0.05, 0.1) is 5.69 Å². The van der Waals surface area contributed by atoms with Crippen LogP contribution in [0.1, 0.15) is 5.56 Å². The fraction of sp³-hybridized carbons (Fsp3) is 0. The van der Waals surface area contributed by atoms with Crippen LogP contribution in [0.15, 0.2) is 48.5 Å². The van der Waals surface area contributed by atoms with Crippen LogP contribution in [0.3, 0.4) is 0 Å². The maximum atomic E-state index is 14.2. The van der Waals surface area contributed by atoms with Crippen LogP contribution in [0, 0.1) is 23.0 Å². The highest BCUT2D eigenvalue weighted by Gasteiger charge is 2.16. The Morgan fingerprint density at radius 3 is 2.50 bits per heavy atom. The summed E-state index contributed by atoms with van der Waals surface area (Å²) in [4.78, 5) is 4.19.